The van der Waals surface area contributed by atoms with Crippen LogP contribution < -0.4 is 10.1 Å². The topological polar surface area (TPSA) is 131 Å². The van der Waals surface area contributed by atoms with Gasteiger partial charge in [0.25, 0.3) is 15.7 Å². The number of amides is 1. The smallest absolute Gasteiger partial charge is 0.276 e. The summed E-state index contributed by atoms with van der Waals surface area (Å²) in [4.78, 5) is 23.0. The van der Waals surface area contributed by atoms with Crippen molar-refractivity contribution < 1.29 is 18.1 Å². The summed E-state index contributed by atoms with van der Waals surface area (Å²) in [5, 5.41) is 16.8. The fourth-order valence-corrected chi connectivity index (χ4v) is 2.65. The lowest BCUT2D eigenvalue weighted by atomic mass is 10.2. The molecule has 0 aliphatic heterocycles. The molecule has 2 aromatic carbocycles. The zero-order valence-electron chi connectivity index (χ0n) is 13.0. The predicted octanol–water partition coefficient (Wildman–Crippen LogP) is 1.87. The molecular formula is C15H14N4O5S. The van der Waals surface area contributed by atoms with Crippen molar-refractivity contribution in [2.24, 2.45) is 5.10 Å². The van der Waals surface area contributed by atoms with Crippen molar-refractivity contribution in [3.63, 3.8) is 0 Å². The number of nitrogens with zero attached hydrogens (tertiary/aromatic N) is 2. The predicted molar refractivity (Wildman–Crippen MR) is 91.8 cm³/mol. The van der Waals surface area contributed by atoms with Crippen LogP contribution in [0.3, 0.4) is 0 Å². The van der Waals surface area contributed by atoms with E-state index in [1.807, 2.05) is 4.83 Å². The molecule has 0 heterocycles. The average molecular weight is 362 g/mol. The van der Waals surface area contributed by atoms with Gasteiger partial charge in [0.1, 0.15) is 0 Å². The van der Waals surface area contributed by atoms with Crippen molar-refractivity contribution in [3.8, 4) is 0 Å². The highest BCUT2D eigenvalue weighted by Gasteiger charge is 2.12. The van der Waals surface area contributed by atoms with Crippen LogP contribution in [-0.2, 0) is 14.8 Å². The van der Waals surface area contributed by atoms with Gasteiger partial charge in [-0.3, -0.25) is 14.9 Å². The SMILES string of the molecule is CC(=O)Nc1ccc(S(=O)(=O)N/N=C/c2cccc([N+](=O)[O-])c2)cc1. The number of carbonyl (C=O) groups excluding carboxylic acids is 1. The molecule has 0 fully saturated rings. The summed E-state index contributed by atoms with van der Waals surface area (Å²) in [6, 6.07) is 11.1. The second-order valence-electron chi connectivity index (χ2n) is 4.91. The second kappa shape index (κ2) is 7.53. The highest BCUT2D eigenvalue weighted by Crippen LogP contribution is 2.14. The van der Waals surface area contributed by atoms with Gasteiger partial charge in [-0.1, -0.05) is 12.1 Å². The van der Waals surface area contributed by atoms with Gasteiger partial charge < -0.3 is 5.32 Å². The maximum absolute atomic E-state index is 12.1. The maximum Gasteiger partial charge on any atom is 0.276 e. The Morgan fingerprint density at radius 3 is 2.48 bits per heavy atom. The number of benzene rings is 2. The summed E-state index contributed by atoms with van der Waals surface area (Å²) < 4.78 is 24.2. The third-order valence-electron chi connectivity index (χ3n) is 2.95. The average Bonchev–Trinajstić information content (AvgIpc) is 2.55. The molecule has 0 saturated heterocycles. The Balaban J connectivity index is 2.09. The van der Waals surface area contributed by atoms with Gasteiger partial charge in [0.15, 0.2) is 0 Å². The normalized spacial score (nSPS) is 11.2. The van der Waals surface area contributed by atoms with Gasteiger partial charge in [-0.05, 0) is 24.3 Å². The Morgan fingerprint density at radius 2 is 1.88 bits per heavy atom. The van der Waals surface area contributed by atoms with Gasteiger partial charge in [-0.2, -0.15) is 13.5 Å². The maximum atomic E-state index is 12.1. The first-order valence-corrected chi connectivity index (χ1v) is 8.43. The van der Waals surface area contributed by atoms with Crippen molar-refractivity contribution in [2.45, 2.75) is 11.8 Å². The van der Waals surface area contributed by atoms with Crippen molar-refractivity contribution in [3.05, 3.63) is 64.2 Å². The number of hydrogen-bond acceptors (Lipinski definition) is 6. The molecule has 0 aliphatic rings. The molecule has 9 nitrogen and oxygen atoms in total. The number of sulfonamides is 1. The molecule has 0 spiro atoms. The molecule has 2 aromatic rings. The van der Waals surface area contributed by atoms with Crippen molar-refractivity contribution in [2.75, 3.05) is 5.32 Å². The number of hydrogen-bond donors (Lipinski definition) is 2. The van der Waals surface area contributed by atoms with Crippen LogP contribution in [0.1, 0.15) is 12.5 Å². The monoisotopic (exact) mass is 362 g/mol. The van der Waals surface area contributed by atoms with E-state index in [0.717, 1.165) is 6.21 Å². The summed E-state index contributed by atoms with van der Waals surface area (Å²) in [6.45, 7) is 1.34. The zero-order valence-corrected chi connectivity index (χ0v) is 13.9. The fourth-order valence-electron chi connectivity index (χ4n) is 1.86. The van der Waals surface area contributed by atoms with E-state index in [2.05, 4.69) is 10.4 Å². The molecule has 10 heteroatoms. The Hall–Kier alpha value is -3.27. The third-order valence-corrected chi connectivity index (χ3v) is 4.19. The summed E-state index contributed by atoms with van der Waals surface area (Å²) in [7, 11) is -3.90. The van der Waals surface area contributed by atoms with Crippen LogP contribution in [0.15, 0.2) is 58.5 Å². The third kappa shape index (κ3) is 5.11. The van der Waals surface area contributed by atoms with Gasteiger partial charge >= 0.3 is 0 Å². The van der Waals surface area contributed by atoms with Crippen LogP contribution in [0.2, 0.25) is 0 Å². The molecule has 0 saturated carbocycles. The van der Waals surface area contributed by atoms with E-state index in [0.29, 0.717) is 11.3 Å². The molecule has 0 bridgehead atoms. The number of nitrogens with one attached hydrogen (secondary N) is 2. The van der Waals surface area contributed by atoms with E-state index in [9.17, 15) is 23.3 Å². The fraction of sp³-hybridized carbons (Fsp3) is 0.0667. The van der Waals surface area contributed by atoms with Gasteiger partial charge in [0.05, 0.1) is 16.0 Å². The van der Waals surface area contributed by atoms with E-state index in [-0.39, 0.29) is 16.5 Å². The summed E-state index contributed by atoms with van der Waals surface area (Å²) in [5.41, 5.74) is 0.713. The quantitative estimate of drug-likeness (QED) is 0.460. The molecule has 2 rings (SSSR count). The minimum atomic E-state index is -3.90. The number of anilines is 1. The first-order valence-electron chi connectivity index (χ1n) is 6.95. The number of rotatable bonds is 6. The van der Waals surface area contributed by atoms with E-state index < -0.39 is 14.9 Å². The van der Waals surface area contributed by atoms with Gasteiger partial charge in [-0.25, -0.2) is 4.83 Å². The summed E-state index contributed by atoms with van der Waals surface area (Å²) in [6.07, 6.45) is 1.16. The number of hydrazone groups is 1. The van der Waals surface area contributed by atoms with E-state index in [1.165, 1.54) is 49.4 Å². The zero-order chi connectivity index (χ0) is 18.4. The lowest BCUT2D eigenvalue weighted by molar-refractivity contribution is -0.384. The first-order chi connectivity index (χ1) is 11.8. The van der Waals surface area contributed by atoms with Crippen molar-refractivity contribution >= 4 is 33.5 Å². The number of non-ortho nitro benzene ring substituents is 1. The van der Waals surface area contributed by atoms with Gasteiger partial charge in [0.2, 0.25) is 5.91 Å². The Kier molecular flexibility index (Phi) is 5.45. The van der Waals surface area contributed by atoms with Crippen LogP contribution in [0.5, 0.6) is 0 Å². The molecule has 0 unspecified atom stereocenters. The standard InChI is InChI=1S/C15H14N4O5S/c1-11(20)17-13-5-7-15(8-6-13)25(23,24)18-16-10-12-3-2-4-14(9-12)19(21)22/h2-10,18H,1H3,(H,17,20)/b16-10+. The highest BCUT2D eigenvalue weighted by molar-refractivity contribution is 7.89. The van der Waals surface area contributed by atoms with Gasteiger partial charge in [-0.15, -0.1) is 0 Å². The number of nitro benzene ring substituents is 1. The Morgan fingerprint density at radius 1 is 1.20 bits per heavy atom. The second-order valence-corrected chi connectivity index (χ2v) is 6.57. The van der Waals surface area contributed by atoms with Crippen LogP contribution in [0, 0.1) is 10.1 Å². The van der Waals surface area contributed by atoms with Crippen LogP contribution in [-0.4, -0.2) is 25.5 Å². The molecule has 2 N–H and O–H groups in total. The minimum absolute atomic E-state index is 0.0437. The number of carbonyl (C=O) groups is 1. The summed E-state index contributed by atoms with van der Waals surface area (Å²) >= 11 is 0. The lowest BCUT2D eigenvalue weighted by Crippen LogP contribution is -2.18. The molecule has 1 amide bonds. The van der Waals surface area contributed by atoms with Gasteiger partial charge in [0, 0.05) is 30.3 Å². The minimum Gasteiger partial charge on any atom is -0.326 e. The molecule has 0 atom stereocenters. The van der Waals surface area contributed by atoms with E-state index in [1.54, 1.807) is 6.07 Å². The van der Waals surface area contributed by atoms with Crippen molar-refractivity contribution in [1.82, 2.24) is 4.83 Å². The van der Waals surface area contributed by atoms with Crippen LogP contribution in [0.4, 0.5) is 11.4 Å². The highest BCUT2D eigenvalue weighted by atomic mass is 32.2. The molecular weight excluding hydrogens is 348 g/mol. The van der Waals surface area contributed by atoms with E-state index >= 15 is 0 Å². The Labute approximate surface area is 143 Å². The van der Waals surface area contributed by atoms with Crippen LogP contribution in [0.25, 0.3) is 0 Å². The summed E-state index contributed by atoms with van der Waals surface area (Å²) in [5.74, 6) is -0.268. The molecule has 0 radical (unpaired) electrons. The van der Waals surface area contributed by atoms with Crippen molar-refractivity contribution in [1.29, 1.82) is 0 Å². The molecule has 0 aromatic heterocycles. The van der Waals surface area contributed by atoms with E-state index in [4.69, 9.17) is 0 Å². The molecule has 130 valence electrons. The first kappa shape index (κ1) is 18.1. The van der Waals surface area contributed by atoms with Crippen LogP contribution >= 0.6 is 0 Å². The molecule has 25 heavy (non-hydrogen) atoms. The Bertz CT molecular complexity index is 923. The molecule has 0 aliphatic carbocycles. The number of nitro groups is 1. The lowest BCUT2D eigenvalue weighted by Gasteiger charge is -2.05. The largest absolute Gasteiger partial charge is 0.326 e.